The average molecular weight is 305 g/mol. The minimum absolute atomic E-state index is 0.482. The lowest BCUT2D eigenvalue weighted by Crippen LogP contribution is -2.31. The van der Waals surface area contributed by atoms with Crippen molar-refractivity contribution in [3.8, 4) is 0 Å². The van der Waals surface area contributed by atoms with E-state index in [2.05, 4.69) is 6.92 Å². The monoisotopic (exact) mass is 305 g/mol. The first-order chi connectivity index (χ1) is 9.83. The molecular formula is C16H35NO4. The molecule has 128 valence electrons. The molecule has 0 radical (unpaired) electrons. The molecule has 0 fully saturated rings. The van der Waals surface area contributed by atoms with Crippen LogP contribution in [0.3, 0.4) is 0 Å². The van der Waals surface area contributed by atoms with Gasteiger partial charge in [-0.05, 0) is 53.4 Å². The van der Waals surface area contributed by atoms with Crippen molar-refractivity contribution in [3.05, 3.63) is 0 Å². The first-order valence-electron chi connectivity index (χ1n) is 8.09. The Bertz CT molecular complexity index is 220. The number of hydrogen-bond donors (Lipinski definition) is 1. The molecule has 2 N–H and O–H groups in total. The average Bonchev–Trinajstić information content (AvgIpc) is 2.42. The van der Waals surface area contributed by atoms with Crippen LogP contribution in [0.2, 0.25) is 0 Å². The van der Waals surface area contributed by atoms with E-state index < -0.39 is 11.6 Å². The third kappa shape index (κ3) is 13.2. The Morgan fingerprint density at radius 2 is 1.10 bits per heavy atom. The summed E-state index contributed by atoms with van der Waals surface area (Å²) in [5, 5.41) is 0. The Hall–Kier alpha value is -0.200. The predicted octanol–water partition coefficient (Wildman–Crippen LogP) is 3.06. The SMILES string of the molecule is CCCOC(C)(C)OCCCCCOC(C)(C)OCCN. The van der Waals surface area contributed by atoms with Crippen molar-refractivity contribution in [1.29, 1.82) is 0 Å². The zero-order valence-corrected chi connectivity index (χ0v) is 14.6. The quantitative estimate of drug-likeness (QED) is 0.395. The van der Waals surface area contributed by atoms with Crippen molar-refractivity contribution in [2.24, 2.45) is 5.73 Å². The molecule has 0 aliphatic rings. The van der Waals surface area contributed by atoms with Crippen molar-refractivity contribution in [3.63, 3.8) is 0 Å². The first kappa shape index (κ1) is 20.8. The van der Waals surface area contributed by atoms with Gasteiger partial charge in [-0.25, -0.2) is 0 Å². The molecule has 0 heterocycles. The van der Waals surface area contributed by atoms with E-state index in [4.69, 9.17) is 24.7 Å². The summed E-state index contributed by atoms with van der Waals surface area (Å²) in [5.41, 5.74) is 5.41. The summed E-state index contributed by atoms with van der Waals surface area (Å²) < 4.78 is 22.5. The van der Waals surface area contributed by atoms with Gasteiger partial charge in [-0.15, -0.1) is 0 Å². The highest BCUT2D eigenvalue weighted by atomic mass is 16.7. The fourth-order valence-corrected chi connectivity index (χ4v) is 1.75. The Morgan fingerprint density at radius 3 is 1.52 bits per heavy atom. The van der Waals surface area contributed by atoms with Gasteiger partial charge in [-0.2, -0.15) is 0 Å². The van der Waals surface area contributed by atoms with Gasteiger partial charge in [0, 0.05) is 26.4 Å². The summed E-state index contributed by atoms with van der Waals surface area (Å²) in [6.45, 7) is 13.0. The van der Waals surface area contributed by atoms with Gasteiger partial charge in [0.2, 0.25) is 0 Å². The second kappa shape index (κ2) is 11.4. The summed E-state index contributed by atoms with van der Waals surface area (Å²) in [7, 11) is 0. The number of nitrogens with two attached hydrogens (primary N) is 1. The Kier molecular flexibility index (Phi) is 11.3. The number of ether oxygens (including phenoxy) is 4. The Morgan fingerprint density at radius 1 is 0.667 bits per heavy atom. The van der Waals surface area contributed by atoms with Gasteiger partial charge in [-0.3, -0.25) is 0 Å². The van der Waals surface area contributed by atoms with Gasteiger partial charge >= 0.3 is 0 Å². The number of rotatable bonds is 14. The highest BCUT2D eigenvalue weighted by Crippen LogP contribution is 2.14. The van der Waals surface area contributed by atoms with Gasteiger partial charge in [0.1, 0.15) is 0 Å². The maximum absolute atomic E-state index is 5.73. The molecule has 0 rings (SSSR count). The summed E-state index contributed by atoms with van der Waals surface area (Å²) in [6, 6.07) is 0. The Labute approximate surface area is 130 Å². The zero-order chi connectivity index (χ0) is 16.2. The second-order valence-corrected chi connectivity index (χ2v) is 6.04. The lowest BCUT2D eigenvalue weighted by atomic mass is 10.2. The number of unbranched alkanes of at least 4 members (excludes halogenated alkanes) is 2. The molecule has 0 aliphatic carbocycles. The molecule has 0 saturated carbocycles. The molecule has 0 saturated heterocycles. The third-order valence-electron chi connectivity index (χ3n) is 2.91. The van der Waals surface area contributed by atoms with Crippen LogP contribution in [0.5, 0.6) is 0 Å². The maximum Gasteiger partial charge on any atom is 0.162 e. The van der Waals surface area contributed by atoms with Crippen LogP contribution in [0.25, 0.3) is 0 Å². The molecule has 0 aromatic heterocycles. The zero-order valence-electron chi connectivity index (χ0n) is 14.6. The topological polar surface area (TPSA) is 62.9 Å². The second-order valence-electron chi connectivity index (χ2n) is 6.04. The summed E-state index contributed by atoms with van der Waals surface area (Å²) in [5.74, 6) is -1.03. The molecule has 0 spiro atoms. The minimum atomic E-state index is -0.550. The normalized spacial score (nSPS) is 12.9. The van der Waals surface area contributed by atoms with Crippen LogP contribution in [0.1, 0.15) is 60.3 Å². The molecule has 0 aromatic carbocycles. The lowest BCUT2D eigenvalue weighted by Gasteiger charge is -2.26. The van der Waals surface area contributed by atoms with E-state index in [9.17, 15) is 0 Å². The van der Waals surface area contributed by atoms with Crippen LogP contribution < -0.4 is 5.73 Å². The highest BCUT2D eigenvalue weighted by molar-refractivity contribution is 4.56. The van der Waals surface area contributed by atoms with Crippen molar-refractivity contribution < 1.29 is 18.9 Å². The van der Waals surface area contributed by atoms with Crippen molar-refractivity contribution in [1.82, 2.24) is 0 Å². The standard InChI is InChI=1S/C16H35NO4/c1-6-11-18-15(2,3)19-12-8-7-9-13-20-16(4,5)21-14-10-17/h6-14,17H2,1-5H3. The van der Waals surface area contributed by atoms with Crippen molar-refractivity contribution in [2.45, 2.75) is 71.9 Å². The number of hydrogen-bond acceptors (Lipinski definition) is 5. The smallest absolute Gasteiger partial charge is 0.162 e. The molecule has 0 unspecified atom stereocenters. The van der Waals surface area contributed by atoms with Crippen LogP contribution in [-0.2, 0) is 18.9 Å². The lowest BCUT2D eigenvalue weighted by molar-refractivity contribution is -0.215. The van der Waals surface area contributed by atoms with E-state index in [1.807, 2.05) is 27.7 Å². The van der Waals surface area contributed by atoms with E-state index in [0.717, 1.165) is 32.3 Å². The Balaban J connectivity index is 3.51. The highest BCUT2D eigenvalue weighted by Gasteiger charge is 2.19. The van der Waals surface area contributed by atoms with Crippen LogP contribution in [0, 0.1) is 0 Å². The first-order valence-corrected chi connectivity index (χ1v) is 8.09. The molecule has 0 amide bonds. The van der Waals surface area contributed by atoms with Crippen LogP contribution in [0.15, 0.2) is 0 Å². The van der Waals surface area contributed by atoms with Crippen LogP contribution in [0.4, 0.5) is 0 Å². The van der Waals surface area contributed by atoms with Gasteiger partial charge < -0.3 is 24.7 Å². The molecule has 0 aliphatic heterocycles. The summed E-state index contributed by atoms with van der Waals surface area (Å²) >= 11 is 0. The molecule has 5 nitrogen and oxygen atoms in total. The largest absolute Gasteiger partial charge is 0.351 e. The van der Waals surface area contributed by atoms with E-state index in [-0.39, 0.29) is 0 Å². The third-order valence-corrected chi connectivity index (χ3v) is 2.91. The molecule has 0 bridgehead atoms. The summed E-state index contributed by atoms with van der Waals surface area (Å²) in [6.07, 6.45) is 4.07. The van der Waals surface area contributed by atoms with E-state index in [1.165, 1.54) is 0 Å². The van der Waals surface area contributed by atoms with E-state index >= 15 is 0 Å². The predicted molar refractivity (Wildman–Crippen MR) is 85.2 cm³/mol. The van der Waals surface area contributed by atoms with Crippen molar-refractivity contribution >= 4 is 0 Å². The van der Waals surface area contributed by atoms with Crippen LogP contribution in [-0.4, -0.2) is 44.5 Å². The molecule has 5 heteroatoms. The fraction of sp³-hybridized carbons (Fsp3) is 1.00. The molecule has 0 atom stereocenters. The van der Waals surface area contributed by atoms with Gasteiger partial charge in [0.05, 0.1) is 6.61 Å². The van der Waals surface area contributed by atoms with E-state index in [0.29, 0.717) is 26.4 Å². The van der Waals surface area contributed by atoms with Crippen molar-refractivity contribution in [2.75, 3.05) is 33.0 Å². The maximum atomic E-state index is 5.73. The molecule has 0 aromatic rings. The van der Waals surface area contributed by atoms with E-state index in [1.54, 1.807) is 0 Å². The van der Waals surface area contributed by atoms with Crippen LogP contribution >= 0.6 is 0 Å². The summed E-state index contributed by atoms with van der Waals surface area (Å²) in [4.78, 5) is 0. The minimum Gasteiger partial charge on any atom is -0.351 e. The van der Waals surface area contributed by atoms with Gasteiger partial charge in [0.25, 0.3) is 0 Å². The molecular weight excluding hydrogens is 270 g/mol. The fourth-order valence-electron chi connectivity index (χ4n) is 1.75. The van der Waals surface area contributed by atoms with Gasteiger partial charge in [0.15, 0.2) is 11.6 Å². The molecule has 21 heavy (non-hydrogen) atoms. The van der Waals surface area contributed by atoms with Gasteiger partial charge in [-0.1, -0.05) is 6.92 Å².